The van der Waals surface area contributed by atoms with Gasteiger partial charge in [-0.2, -0.15) is 0 Å². The highest BCUT2D eigenvalue weighted by atomic mass is 16.5. The summed E-state index contributed by atoms with van der Waals surface area (Å²) in [6, 6.07) is 2.44. The summed E-state index contributed by atoms with van der Waals surface area (Å²) < 4.78 is 5.97. The molecule has 0 spiro atoms. The van der Waals surface area contributed by atoms with Gasteiger partial charge in [0.1, 0.15) is 11.9 Å². The Hall–Kier alpha value is -1.53. The predicted molar refractivity (Wildman–Crippen MR) is 81.8 cm³/mol. The number of pyridine rings is 1. The van der Waals surface area contributed by atoms with Gasteiger partial charge in [-0.05, 0) is 38.8 Å². The predicted octanol–water partition coefficient (Wildman–Crippen LogP) is 3.14. The Morgan fingerprint density at radius 1 is 1.50 bits per heavy atom. The maximum atomic E-state index is 5.97. The van der Waals surface area contributed by atoms with Crippen LogP contribution in [-0.4, -0.2) is 23.7 Å². The van der Waals surface area contributed by atoms with E-state index in [0.29, 0.717) is 6.04 Å². The molecule has 0 aromatic carbocycles. The van der Waals surface area contributed by atoms with Crippen molar-refractivity contribution in [3.8, 4) is 17.6 Å². The Balaban J connectivity index is 1.92. The maximum Gasteiger partial charge on any atom is 0.139 e. The molecular formula is C17H24N2O. The zero-order chi connectivity index (χ0) is 14.2. The molecule has 108 valence electrons. The number of unbranched alkanes of at least 4 members (excludes halogenated alkanes) is 2. The average molecular weight is 272 g/mol. The minimum absolute atomic E-state index is 0.169. The van der Waals surface area contributed by atoms with Crippen LogP contribution in [0.25, 0.3) is 0 Å². The molecule has 1 saturated heterocycles. The summed E-state index contributed by atoms with van der Waals surface area (Å²) in [5.74, 6) is 7.15. The molecule has 1 aromatic heterocycles. The lowest BCUT2D eigenvalue weighted by atomic mass is 10.1. The molecule has 1 fully saturated rings. The second-order valence-corrected chi connectivity index (χ2v) is 5.34. The van der Waals surface area contributed by atoms with Crippen molar-refractivity contribution in [1.82, 2.24) is 10.3 Å². The van der Waals surface area contributed by atoms with Crippen LogP contribution in [0, 0.1) is 11.8 Å². The summed E-state index contributed by atoms with van der Waals surface area (Å²) in [6.07, 6.45) is 9.44. The number of hydrogen-bond acceptors (Lipinski definition) is 3. The van der Waals surface area contributed by atoms with Crippen LogP contribution in [0.5, 0.6) is 5.75 Å². The quantitative estimate of drug-likeness (QED) is 0.660. The first-order chi connectivity index (χ1) is 9.79. The van der Waals surface area contributed by atoms with Gasteiger partial charge in [-0.25, -0.2) is 0 Å². The largest absolute Gasteiger partial charge is 0.487 e. The molecule has 20 heavy (non-hydrogen) atoms. The first-order valence-electron chi connectivity index (χ1n) is 7.63. The number of ether oxygens (including phenoxy) is 1. The number of nitrogens with one attached hydrogen (secondary N) is 1. The standard InChI is InChI=1S/C17H24N2O/c1-3-4-5-6-8-15-11-16(13-18-12-15)20-14(2)17-9-7-10-19-17/h11-14,17,19H,3-5,7,9-10H2,1-2H3/t14?,17-/m0/s1. The zero-order valence-electron chi connectivity index (χ0n) is 12.5. The maximum absolute atomic E-state index is 5.97. The first kappa shape index (κ1) is 14.9. The number of nitrogens with zero attached hydrogens (tertiary/aromatic N) is 1. The smallest absolute Gasteiger partial charge is 0.139 e. The minimum Gasteiger partial charge on any atom is -0.487 e. The van der Waals surface area contributed by atoms with Gasteiger partial charge in [0.25, 0.3) is 0 Å². The van der Waals surface area contributed by atoms with E-state index in [4.69, 9.17) is 4.74 Å². The van der Waals surface area contributed by atoms with Crippen LogP contribution in [0.1, 0.15) is 51.5 Å². The third-order valence-corrected chi connectivity index (χ3v) is 3.59. The third-order valence-electron chi connectivity index (χ3n) is 3.59. The fourth-order valence-electron chi connectivity index (χ4n) is 2.39. The molecule has 0 aliphatic carbocycles. The molecule has 2 heterocycles. The van der Waals surface area contributed by atoms with Crippen molar-refractivity contribution in [2.75, 3.05) is 6.54 Å². The fraction of sp³-hybridized carbons (Fsp3) is 0.588. The van der Waals surface area contributed by atoms with Gasteiger partial charge in [-0.1, -0.05) is 25.2 Å². The molecular weight excluding hydrogens is 248 g/mol. The summed E-state index contributed by atoms with van der Waals surface area (Å²) in [6.45, 7) is 5.39. The molecule has 0 bridgehead atoms. The zero-order valence-corrected chi connectivity index (χ0v) is 12.5. The van der Waals surface area contributed by atoms with Gasteiger partial charge in [0.05, 0.1) is 6.20 Å². The monoisotopic (exact) mass is 272 g/mol. The van der Waals surface area contributed by atoms with Gasteiger partial charge in [0.2, 0.25) is 0 Å². The van der Waals surface area contributed by atoms with Gasteiger partial charge >= 0.3 is 0 Å². The van der Waals surface area contributed by atoms with Crippen molar-refractivity contribution in [3.63, 3.8) is 0 Å². The molecule has 3 nitrogen and oxygen atoms in total. The lowest BCUT2D eigenvalue weighted by Gasteiger charge is -2.20. The lowest BCUT2D eigenvalue weighted by molar-refractivity contribution is 0.179. The van der Waals surface area contributed by atoms with Crippen LogP contribution < -0.4 is 10.1 Å². The summed E-state index contributed by atoms with van der Waals surface area (Å²) in [5, 5.41) is 3.47. The van der Waals surface area contributed by atoms with Crippen LogP contribution in [0.15, 0.2) is 18.5 Å². The highest BCUT2D eigenvalue weighted by molar-refractivity contribution is 5.36. The van der Waals surface area contributed by atoms with Crippen molar-refractivity contribution < 1.29 is 4.74 Å². The van der Waals surface area contributed by atoms with E-state index in [2.05, 4.69) is 36.0 Å². The van der Waals surface area contributed by atoms with Crippen LogP contribution in [0.3, 0.4) is 0 Å². The molecule has 2 atom stereocenters. The molecule has 0 saturated carbocycles. The van der Waals surface area contributed by atoms with E-state index in [-0.39, 0.29) is 6.10 Å². The van der Waals surface area contributed by atoms with Crippen LogP contribution in [0.2, 0.25) is 0 Å². The average Bonchev–Trinajstić information content (AvgIpc) is 2.98. The van der Waals surface area contributed by atoms with Crippen LogP contribution >= 0.6 is 0 Å². The molecule has 1 unspecified atom stereocenters. The molecule has 2 rings (SSSR count). The van der Waals surface area contributed by atoms with Gasteiger partial charge in [-0.3, -0.25) is 4.98 Å². The molecule has 1 aliphatic rings. The first-order valence-corrected chi connectivity index (χ1v) is 7.63. The number of rotatable bonds is 5. The Morgan fingerprint density at radius 3 is 3.15 bits per heavy atom. The molecule has 0 radical (unpaired) electrons. The second kappa shape index (κ2) is 7.91. The summed E-state index contributed by atoms with van der Waals surface area (Å²) >= 11 is 0. The fourth-order valence-corrected chi connectivity index (χ4v) is 2.39. The third kappa shape index (κ3) is 4.54. The Kier molecular flexibility index (Phi) is 5.88. The summed E-state index contributed by atoms with van der Waals surface area (Å²) in [4.78, 5) is 4.22. The van der Waals surface area contributed by atoms with Crippen molar-refractivity contribution in [3.05, 3.63) is 24.0 Å². The van der Waals surface area contributed by atoms with Gasteiger partial charge < -0.3 is 10.1 Å². The van der Waals surface area contributed by atoms with E-state index in [9.17, 15) is 0 Å². The van der Waals surface area contributed by atoms with E-state index in [1.807, 2.05) is 6.07 Å². The van der Waals surface area contributed by atoms with Crippen LogP contribution in [-0.2, 0) is 0 Å². The topological polar surface area (TPSA) is 34.1 Å². The Labute approximate surface area is 122 Å². The van der Waals surface area contributed by atoms with E-state index in [1.165, 1.54) is 19.3 Å². The van der Waals surface area contributed by atoms with E-state index >= 15 is 0 Å². The number of hydrogen-bond donors (Lipinski definition) is 1. The normalized spacial score (nSPS) is 19.2. The highest BCUT2D eigenvalue weighted by Gasteiger charge is 2.22. The van der Waals surface area contributed by atoms with E-state index < -0.39 is 0 Å². The van der Waals surface area contributed by atoms with Crippen LogP contribution in [0.4, 0.5) is 0 Å². The van der Waals surface area contributed by atoms with Crippen molar-refractivity contribution in [2.24, 2.45) is 0 Å². The lowest BCUT2D eigenvalue weighted by Crippen LogP contribution is -2.36. The van der Waals surface area contributed by atoms with E-state index in [0.717, 1.165) is 30.7 Å². The second-order valence-electron chi connectivity index (χ2n) is 5.34. The van der Waals surface area contributed by atoms with Gasteiger partial charge in [0.15, 0.2) is 0 Å². The number of aromatic nitrogens is 1. The SMILES string of the molecule is CCCCC#Cc1cncc(OC(C)[C@@H]2CCCN2)c1. The molecule has 1 aliphatic heterocycles. The molecule has 3 heteroatoms. The summed E-state index contributed by atoms with van der Waals surface area (Å²) in [7, 11) is 0. The minimum atomic E-state index is 0.169. The summed E-state index contributed by atoms with van der Waals surface area (Å²) in [5.41, 5.74) is 0.935. The Bertz CT molecular complexity index is 469. The van der Waals surface area contributed by atoms with Crippen molar-refractivity contribution in [2.45, 2.75) is 58.1 Å². The molecule has 1 aromatic rings. The van der Waals surface area contributed by atoms with Gasteiger partial charge in [0, 0.05) is 24.2 Å². The Morgan fingerprint density at radius 2 is 2.40 bits per heavy atom. The molecule has 0 amide bonds. The van der Waals surface area contributed by atoms with Crippen molar-refractivity contribution in [1.29, 1.82) is 0 Å². The van der Waals surface area contributed by atoms with Crippen molar-refractivity contribution >= 4 is 0 Å². The highest BCUT2D eigenvalue weighted by Crippen LogP contribution is 2.17. The molecule has 1 N–H and O–H groups in total. The van der Waals surface area contributed by atoms with E-state index in [1.54, 1.807) is 12.4 Å². The van der Waals surface area contributed by atoms with Gasteiger partial charge in [-0.15, -0.1) is 0 Å².